The molecule has 1 saturated carbocycles. The topological polar surface area (TPSA) is 59.6 Å². The van der Waals surface area contributed by atoms with Gasteiger partial charge < -0.3 is 15.8 Å². The molecule has 3 atom stereocenters. The predicted molar refractivity (Wildman–Crippen MR) is 72.1 cm³/mol. The Bertz CT molecular complexity index is 301. The highest BCUT2D eigenvalue weighted by molar-refractivity contribution is 5.78. The van der Waals surface area contributed by atoms with E-state index in [2.05, 4.69) is 44.9 Å². The maximum Gasteiger partial charge on any atom is 0.189 e. The van der Waals surface area contributed by atoms with Crippen molar-refractivity contribution < 1.29 is 4.74 Å². The Balaban J connectivity index is 2.63. The van der Waals surface area contributed by atoms with Gasteiger partial charge in [-0.25, -0.2) is 4.99 Å². The van der Waals surface area contributed by atoms with E-state index in [1.807, 2.05) is 0 Å². The van der Waals surface area contributed by atoms with E-state index in [0.717, 1.165) is 12.8 Å². The van der Waals surface area contributed by atoms with Crippen LogP contribution in [-0.4, -0.2) is 30.8 Å². The summed E-state index contributed by atoms with van der Waals surface area (Å²) in [6.45, 7) is 10.7. The lowest BCUT2D eigenvalue weighted by atomic mass is 9.56. The largest absolute Gasteiger partial charge is 0.378 e. The van der Waals surface area contributed by atoms with Gasteiger partial charge in [-0.2, -0.15) is 0 Å². The number of nitrogens with one attached hydrogen (secondary N) is 1. The van der Waals surface area contributed by atoms with Crippen molar-refractivity contribution in [3.8, 4) is 0 Å². The molecule has 100 valence electrons. The molecule has 17 heavy (non-hydrogen) atoms. The quantitative estimate of drug-likeness (QED) is 0.584. The van der Waals surface area contributed by atoms with E-state index < -0.39 is 0 Å². The molecule has 0 bridgehead atoms. The third kappa shape index (κ3) is 2.57. The maximum absolute atomic E-state index is 5.91. The molecule has 0 aromatic carbocycles. The van der Waals surface area contributed by atoms with Crippen LogP contribution >= 0.6 is 0 Å². The van der Waals surface area contributed by atoms with Crippen LogP contribution in [0.2, 0.25) is 0 Å². The number of methoxy groups -OCH3 is 1. The van der Waals surface area contributed by atoms with Crippen molar-refractivity contribution in [3.05, 3.63) is 0 Å². The lowest BCUT2D eigenvalue weighted by Gasteiger charge is -2.57. The minimum Gasteiger partial charge on any atom is -0.378 e. The van der Waals surface area contributed by atoms with Gasteiger partial charge in [0.1, 0.15) is 0 Å². The monoisotopic (exact) mass is 241 g/mol. The number of hydrogen-bond acceptors (Lipinski definition) is 2. The fourth-order valence-corrected chi connectivity index (χ4v) is 2.22. The van der Waals surface area contributed by atoms with Gasteiger partial charge in [0, 0.05) is 18.6 Å². The van der Waals surface area contributed by atoms with E-state index in [9.17, 15) is 0 Å². The molecule has 1 rings (SSSR count). The Morgan fingerprint density at radius 1 is 1.53 bits per heavy atom. The molecule has 0 aromatic rings. The second-order valence-corrected chi connectivity index (χ2v) is 5.84. The molecule has 0 saturated heterocycles. The summed E-state index contributed by atoms with van der Waals surface area (Å²) in [5.74, 6) is 0.551. The molecular formula is C13H27N3O. The second kappa shape index (κ2) is 4.84. The van der Waals surface area contributed by atoms with Gasteiger partial charge in [-0.05, 0) is 26.7 Å². The summed E-state index contributed by atoms with van der Waals surface area (Å²) >= 11 is 0. The zero-order chi connectivity index (χ0) is 13.3. The molecule has 0 aromatic heterocycles. The van der Waals surface area contributed by atoms with Crippen molar-refractivity contribution in [2.24, 2.45) is 16.1 Å². The van der Waals surface area contributed by atoms with E-state index in [4.69, 9.17) is 10.5 Å². The van der Waals surface area contributed by atoms with Crippen LogP contribution in [0, 0.1) is 5.41 Å². The molecule has 4 nitrogen and oxygen atoms in total. The summed E-state index contributed by atoms with van der Waals surface area (Å²) in [6.07, 6.45) is 1.97. The van der Waals surface area contributed by atoms with Gasteiger partial charge in [0.25, 0.3) is 0 Å². The summed E-state index contributed by atoms with van der Waals surface area (Å²) in [5, 5.41) is 3.20. The first-order valence-corrected chi connectivity index (χ1v) is 6.41. The molecule has 3 unspecified atom stereocenters. The first kappa shape index (κ1) is 14.3. The lowest BCUT2D eigenvalue weighted by Crippen LogP contribution is -2.63. The Hall–Kier alpha value is -0.770. The Morgan fingerprint density at radius 3 is 2.53 bits per heavy atom. The molecule has 0 amide bonds. The van der Waals surface area contributed by atoms with E-state index >= 15 is 0 Å². The molecular weight excluding hydrogens is 214 g/mol. The van der Waals surface area contributed by atoms with Gasteiger partial charge in [0.2, 0.25) is 0 Å². The van der Waals surface area contributed by atoms with Crippen LogP contribution in [0.5, 0.6) is 0 Å². The van der Waals surface area contributed by atoms with Crippen molar-refractivity contribution in [1.82, 2.24) is 5.32 Å². The average Bonchev–Trinajstić information content (AvgIpc) is 2.27. The summed E-state index contributed by atoms with van der Waals surface area (Å²) in [6, 6.07) is 0.611. The summed E-state index contributed by atoms with van der Waals surface area (Å²) in [5.41, 5.74) is 5.86. The van der Waals surface area contributed by atoms with Crippen LogP contribution < -0.4 is 11.1 Å². The smallest absolute Gasteiger partial charge is 0.189 e. The van der Waals surface area contributed by atoms with Crippen molar-refractivity contribution in [2.45, 2.75) is 65.1 Å². The van der Waals surface area contributed by atoms with Crippen LogP contribution in [-0.2, 0) is 4.74 Å². The van der Waals surface area contributed by atoms with Crippen molar-refractivity contribution in [1.29, 1.82) is 0 Å². The standard InChI is InChI=1S/C13H27N3O/c1-7-9(2)15-11(14)16-10-8-13(5,17-6)12(10,3)4/h9-10H,7-8H2,1-6H3,(H3,14,15,16). The number of guanidine groups is 1. The summed E-state index contributed by atoms with van der Waals surface area (Å²) in [4.78, 5) is 4.57. The molecule has 1 aliphatic carbocycles. The van der Waals surface area contributed by atoms with E-state index in [1.54, 1.807) is 7.11 Å². The first-order valence-electron chi connectivity index (χ1n) is 6.41. The fraction of sp³-hybridized carbons (Fsp3) is 0.923. The number of nitrogens with zero attached hydrogens (tertiary/aromatic N) is 1. The number of hydrogen-bond donors (Lipinski definition) is 2. The number of rotatable bonds is 4. The molecule has 4 heteroatoms. The lowest BCUT2D eigenvalue weighted by molar-refractivity contribution is -0.171. The Labute approximate surface area is 105 Å². The molecule has 1 fully saturated rings. The number of aliphatic imine (C=N–C) groups is 1. The van der Waals surface area contributed by atoms with Crippen molar-refractivity contribution >= 4 is 5.96 Å². The van der Waals surface area contributed by atoms with Crippen LogP contribution in [0.4, 0.5) is 0 Å². The van der Waals surface area contributed by atoms with Gasteiger partial charge in [0.15, 0.2) is 5.96 Å². The summed E-state index contributed by atoms with van der Waals surface area (Å²) < 4.78 is 5.57. The molecule has 0 aliphatic heterocycles. The summed E-state index contributed by atoms with van der Waals surface area (Å²) in [7, 11) is 1.77. The molecule has 0 heterocycles. The van der Waals surface area contributed by atoms with Gasteiger partial charge in [-0.15, -0.1) is 0 Å². The highest BCUT2D eigenvalue weighted by Gasteiger charge is 2.58. The number of ether oxygens (including phenoxy) is 1. The molecule has 1 aliphatic rings. The minimum absolute atomic E-state index is 0.0313. The number of nitrogens with two attached hydrogens (primary N) is 1. The molecule has 3 N–H and O–H groups in total. The van der Waals surface area contributed by atoms with E-state index in [0.29, 0.717) is 12.0 Å². The zero-order valence-electron chi connectivity index (χ0n) is 12.0. The highest BCUT2D eigenvalue weighted by atomic mass is 16.5. The first-order chi connectivity index (χ1) is 7.76. The van der Waals surface area contributed by atoms with E-state index in [-0.39, 0.29) is 17.1 Å². The molecule has 0 spiro atoms. The van der Waals surface area contributed by atoms with E-state index in [1.165, 1.54) is 0 Å². The minimum atomic E-state index is -0.0855. The van der Waals surface area contributed by atoms with Crippen molar-refractivity contribution in [2.75, 3.05) is 7.11 Å². The Morgan fingerprint density at radius 2 is 2.12 bits per heavy atom. The third-order valence-electron chi connectivity index (χ3n) is 4.53. The van der Waals surface area contributed by atoms with Gasteiger partial charge in [-0.3, -0.25) is 0 Å². The van der Waals surface area contributed by atoms with Crippen LogP contribution in [0.25, 0.3) is 0 Å². The van der Waals surface area contributed by atoms with Crippen LogP contribution in [0.3, 0.4) is 0 Å². The zero-order valence-corrected chi connectivity index (χ0v) is 12.0. The third-order valence-corrected chi connectivity index (χ3v) is 4.53. The fourth-order valence-electron chi connectivity index (χ4n) is 2.22. The molecule has 0 radical (unpaired) electrons. The second-order valence-electron chi connectivity index (χ2n) is 5.84. The van der Waals surface area contributed by atoms with Gasteiger partial charge in [0.05, 0.1) is 11.6 Å². The normalized spacial score (nSPS) is 34.0. The Kier molecular flexibility index (Phi) is 4.07. The van der Waals surface area contributed by atoms with Gasteiger partial charge >= 0.3 is 0 Å². The van der Waals surface area contributed by atoms with Gasteiger partial charge in [-0.1, -0.05) is 20.8 Å². The maximum atomic E-state index is 5.91. The predicted octanol–water partition coefficient (Wildman–Crippen LogP) is 1.89. The highest BCUT2D eigenvalue weighted by Crippen LogP contribution is 2.53. The van der Waals surface area contributed by atoms with Crippen molar-refractivity contribution in [3.63, 3.8) is 0 Å². The van der Waals surface area contributed by atoms with Crippen LogP contribution in [0.1, 0.15) is 47.5 Å². The SMILES string of the molecule is CCC(C)NC(N)=NC1CC(C)(OC)C1(C)C. The van der Waals surface area contributed by atoms with Crippen LogP contribution in [0.15, 0.2) is 4.99 Å². The average molecular weight is 241 g/mol.